The van der Waals surface area contributed by atoms with Crippen LogP contribution in [-0.4, -0.2) is 31.7 Å². The van der Waals surface area contributed by atoms with E-state index < -0.39 is 5.91 Å². The van der Waals surface area contributed by atoms with Gasteiger partial charge >= 0.3 is 0 Å². The number of ether oxygens (including phenoxy) is 2. The lowest BCUT2D eigenvalue weighted by molar-refractivity contribution is -0.121. The minimum absolute atomic E-state index is 0.135. The molecule has 2 aromatic carbocycles. The van der Waals surface area contributed by atoms with Crippen LogP contribution in [0.15, 0.2) is 47.6 Å². The Kier molecular flexibility index (Phi) is 8.02. The Balaban J connectivity index is 1.72. The minimum Gasteiger partial charge on any atom is -0.497 e. The summed E-state index contributed by atoms with van der Waals surface area (Å²) in [5.74, 6) is 0.703. The number of carbonyl (C=O) groups is 2. The molecule has 3 N–H and O–H groups in total. The predicted molar refractivity (Wildman–Crippen MR) is 108 cm³/mol. The van der Waals surface area contributed by atoms with Crippen LogP contribution in [0.3, 0.4) is 0 Å². The number of methoxy groups -OCH3 is 1. The molecule has 0 bridgehead atoms. The lowest BCUT2D eigenvalue weighted by atomic mass is 10.0. The molecule has 2 rings (SSSR count). The van der Waals surface area contributed by atoms with Gasteiger partial charge in [-0.25, -0.2) is 5.43 Å². The molecule has 0 unspecified atom stereocenters. The molecule has 28 heavy (non-hydrogen) atoms. The number of rotatable bonds is 10. The molecule has 0 atom stereocenters. The molecule has 0 spiro atoms. The Morgan fingerprint density at radius 2 is 1.86 bits per heavy atom. The van der Waals surface area contributed by atoms with Crippen molar-refractivity contribution in [3.05, 3.63) is 59.2 Å². The largest absolute Gasteiger partial charge is 0.497 e. The average molecular weight is 383 g/mol. The van der Waals surface area contributed by atoms with Gasteiger partial charge in [0, 0.05) is 6.42 Å². The van der Waals surface area contributed by atoms with E-state index in [0.29, 0.717) is 12.2 Å². The van der Waals surface area contributed by atoms with Crippen molar-refractivity contribution in [2.24, 2.45) is 10.8 Å². The average Bonchev–Trinajstić information content (AvgIpc) is 2.68. The standard InChI is InChI=1S/C21H25N3O4/c1-15-12-19(27-2)11-8-17(15)4-3-5-21(26)24-23-13-16-6-9-18(10-7-16)28-14-20(22)25/h6-13H,3-5,14H2,1-2H3,(H2,22,25)(H,24,26)/b23-13+. The number of nitrogens with one attached hydrogen (secondary N) is 1. The van der Waals surface area contributed by atoms with E-state index in [1.807, 2.05) is 25.1 Å². The summed E-state index contributed by atoms with van der Waals surface area (Å²) >= 11 is 0. The van der Waals surface area contributed by atoms with Crippen molar-refractivity contribution in [2.45, 2.75) is 26.2 Å². The number of hydrazone groups is 1. The molecular weight excluding hydrogens is 358 g/mol. The van der Waals surface area contributed by atoms with Gasteiger partial charge in [0.25, 0.3) is 5.91 Å². The van der Waals surface area contributed by atoms with Gasteiger partial charge in [0.1, 0.15) is 11.5 Å². The van der Waals surface area contributed by atoms with Crippen molar-refractivity contribution < 1.29 is 19.1 Å². The van der Waals surface area contributed by atoms with Gasteiger partial charge in [-0.2, -0.15) is 5.10 Å². The van der Waals surface area contributed by atoms with E-state index in [1.165, 1.54) is 5.56 Å². The number of hydrogen-bond acceptors (Lipinski definition) is 5. The number of aryl methyl sites for hydroxylation is 2. The molecule has 2 aromatic rings. The third kappa shape index (κ3) is 7.11. The number of nitrogens with zero attached hydrogens (tertiary/aromatic N) is 1. The summed E-state index contributed by atoms with van der Waals surface area (Å²) in [4.78, 5) is 22.6. The monoisotopic (exact) mass is 383 g/mol. The molecule has 2 amide bonds. The maximum absolute atomic E-state index is 11.9. The van der Waals surface area contributed by atoms with Crippen molar-refractivity contribution in [1.82, 2.24) is 5.43 Å². The van der Waals surface area contributed by atoms with Crippen LogP contribution in [-0.2, 0) is 16.0 Å². The first kappa shape index (κ1) is 21.0. The van der Waals surface area contributed by atoms with Gasteiger partial charge in [-0.1, -0.05) is 6.07 Å². The number of amides is 2. The zero-order valence-electron chi connectivity index (χ0n) is 16.1. The first-order valence-electron chi connectivity index (χ1n) is 8.94. The molecule has 0 saturated heterocycles. The van der Waals surface area contributed by atoms with Crippen LogP contribution in [0, 0.1) is 6.92 Å². The molecule has 0 fully saturated rings. The normalized spacial score (nSPS) is 10.6. The van der Waals surface area contributed by atoms with E-state index >= 15 is 0 Å². The lowest BCUT2D eigenvalue weighted by Gasteiger charge is -2.07. The second-order valence-electron chi connectivity index (χ2n) is 6.26. The third-order valence-corrected chi connectivity index (χ3v) is 4.06. The Hall–Kier alpha value is -3.35. The van der Waals surface area contributed by atoms with Crippen molar-refractivity contribution in [3.8, 4) is 11.5 Å². The van der Waals surface area contributed by atoms with E-state index in [1.54, 1.807) is 37.6 Å². The molecule has 0 aliphatic carbocycles. The summed E-state index contributed by atoms with van der Waals surface area (Å²) in [5, 5.41) is 3.96. The van der Waals surface area contributed by atoms with Gasteiger partial charge in [-0.05, 0) is 72.9 Å². The summed E-state index contributed by atoms with van der Waals surface area (Å²) in [6, 6.07) is 12.9. The van der Waals surface area contributed by atoms with Gasteiger partial charge in [0.2, 0.25) is 5.91 Å². The fourth-order valence-electron chi connectivity index (χ4n) is 2.55. The summed E-state index contributed by atoms with van der Waals surface area (Å²) < 4.78 is 10.4. The maximum Gasteiger partial charge on any atom is 0.255 e. The van der Waals surface area contributed by atoms with Gasteiger partial charge < -0.3 is 15.2 Å². The van der Waals surface area contributed by atoms with Crippen LogP contribution in [0.5, 0.6) is 11.5 Å². The molecule has 0 aromatic heterocycles. The van der Waals surface area contributed by atoms with Crippen LogP contribution in [0.2, 0.25) is 0 Å². The first-order valence-corrected chi connectivity index (χ1v) is 8.94. The summed E-state index contributed by atoms with van der Waals surface area (Å²) in [5.41, 5.74) is 10.7. The summed E-state index contributed by atoms with van der Waals surface area (Å²) in [6.45, 7) is 1.87. The molecule has 0 saturated carbocycles. The van der Waals surface area contributed by atoms with E-state index in [2.05, 4.69) is 10.5 Å². The van der Waals surface area contributed by atoms with Crippen LogP contribution in [0.25, 0.3) is 0 Å². The van der Waals surface area contributed by atoms with Gasteiger partial charge in [-0.3, -0.25) is 9.59 Å². The zero-order valence-corrected chi connectivity index (χ0v) is 16.1. The van der Waals surface area contributed by atoms with Crippen LogP contribution in [0.1, 0.15) is 29.5 Å². The fourth-order valence-corrected chi connectivity index (χ4v) is 2.55. The first-order chi connectivity index (χ1) is 13.5. The molecule has 0 radical (unpaired) electrons. The Labute approximate surface area is 164 Å². The van der Waals surface area contributed by atoms with E-state index in [9.17, 15) is 9.59 Å². The highest BCUT2D eigenvalue weighted by atomic mass is 16.5. The lowest BCUT2D eigenvalue weighted by Crippen LogP contribution is -2.20. The quantitative estimate of drug-likeness (QED) is 0.485. The fraction of sp³-hybridized carbons (Fsp3) is 0.286. The highest BCUT2D eigenvalue weighted by Gasteiger charge is 2.04. The summed E-state index contributed by atoms with van der Waals surface area (Å²) in [7, 11) is 1.64. The topological polar surface area (TPSA) is 103 Å². The van der Waals surface area contributed by atoms with Crippen molar-refractivity contribution in [2.75, 3.05) is 13.7 Å². The maximum atomic E-state index is 11.9. The molecule has 0 aliphatic heterocycles. The van der Waals surface area contributed by atoms with Crippen LogP contribution >= 0.6 is 0 Å². The molecule has 7 heteroatoms. The Morgan fingerprint density at radius 3 is 2.50 bits per heavy atom. The number of benzene rings is 2. The highest BCUT2D eigenvalue weighted by Crippen LogP contribution is 2.18. The molecule has 0 heterocycles. The SMILES string of the molecule is COc1ccc(CCCC(=O)N/N=C/c2ccc(OCC(N)=O)cc2)c(C)c1. The zero-order chi connectivity index (χ0) is 20.4. The molecule has 0 aliphatic rings. The second kappa shape index (κ2) is 10.7. The Morgan fingerprint density at radius 1 is 1.14 bits per heavy atom. The highest BCUT2D eigenvalue weighted by molar-refractivity contribution is 5.82. The van der Waals surface area contributed by atoms with Gasteiger partial charge in [0.15, 0.2) is 6.61 Å². The summed E-state index contributed by atoms with van der Waals surface area (Å²) in [6.07, 6.45) is 3.49. The predicted octanol–water partition coefficient (Wildman–Crippen LogP) is 2.34. The number of primary amides is 1. The Bertz CT molecular complexity index is 832. The van der Waals surface area contributed by atoms with Gasteiger partial charge in [-0.15, -0.1) is 0 Å². The molecule has 148 valence electrons. The van der Waals surface area contributed by atoms with E-state index in [0.717, 1.165) is 29.7 Å². The molecular formula is C21H25N3O4. The second-order valence-corrected chi connectivity index (χ2v) is 6.26. The number of nitrogens with two attached hydrogens (primary N) is 1. The van der Waals surface area contributed by atoms with E-state index in [4.69, 9.17) is 15.2 Å². The minimum atomic E-state index is -0.532. The smallest absolute Gasteiger partial charge is 0.255 e. The van der Waals surface area contributed by atoms with E-state index in [-0.39, 0.29) is 12.5 Å². The van der Waals surface area contributed by atoms with Gasteiger partial charge in [0.05, 0.1) is 13.3 Å². The van der Waals surface area contributed by atoms with Crippen LogP contribution in [0.4, 0.5) is 0 Å². The van der Waals surface area contributed by atoms with Crippen molar-refractivity contribution in [3.63, 3.8) is 0 Å². The van der Waals surface area contributed by atoms with Crippen molar-refractivity contribution >= 4 is 18.0 Å². The van der Waals surface area contributed by atoms with Crippen molar-refractivity contribution in [1.29, 1.82) is 0 Å². The third-order valence-electron chi connectivity index (χ3n) is 4.06. The number of carbonyl (C=O) groups excluding carboxylic acids is 2. The van der Waals surface area contributed by atoms with Crippen LogP contribution < -0.4 is 20.6 Å². The number of hydrogen-bond donors (Lipinski definition) is 2. The molecule has 7 nitrogen and oxygen atoms in total.